The predicted molar refractivity (Wildman–Crippen MR) is 73.2 cm³/mol. The lowest BCUT2D eigenvalue weighted by Crippen LogP contribution is -2.47. The molecule has 1 heterocycles. The number of likely N-dealkylation sites (N-methyl/N-ethyl adjacent to an activating group) is 1. The van der Waals surface area contributed by atoms with Crippen molar-refractivity contribution < 1.29 is 14.7 Å². The first kappa shape index (κ1) is 15.8. The normalized spacial score (nSPS) is 19.3. The van der Waals surface area contributed by atoms with Crippen LogP contribution < -0.4 is 0 Å². The molecule has 0 aliphatic carbocycles. The molecule has 0 aromatic rings. The number of carbonyl (C=O) groups excluding carboxylic acids is 1. The first-order valence-corrected chi connectivity index (χ1v) is 6.76. The van der Waals surface area contributed by atoms with Crippen molar-refractivity contribution in [1.82, 2.24) is 14.7 Å². The van der Waals surface area contributed by atoms with E-state index in [-0.39, 0.29) is 25.0 Å². The summed E-state index contributed by atoms with van der Waals surface area (Å²) in [4.78, 5) is 28.7. The van der Waals surface area contributed by atoms with Crippen molar-refractivity contribution in [1.29, 1.82) is 0 Å². The molecule has 1 N–H and O–H groups in total. The molecule has 1 aliphatic heterocycles. The van der Waals surface area contributed by atoms with E-state index < -0.39 is 5.97 Å². The van der Waals surface area contributed by atoms with Crippen LogP contribution in [0, 0.1) is 0 Å². The molecular weight excluding hydrogens is 246 g/mol. The van der Waals surface area contributed by atoms with Gasteiger partial charge in [-0.2, -0.15) is 0 Å². The number of likely N-dealkylation sites (tertiary alicyclic amines) is 1. The molecule has 19 heavy (non-hydrogen) atoms. The van der Waals surface area contributed by atoms with Gasteiger partial charge in [-0.3, -0.25) is 4.79 Å². The smallest absolute Gasteiger partial charge is 0.320 e. The fraction of sp³-hybridized carbons (Fsp3) is 0.846. The number of rotatable bonds is 5. The Balaban J connectivity index is 2.60. The Morgan fingerprint density at radius 2 is 2.00 bits per heavy atom. The molecular formula is C13H25N3O3. The Hall–Kier alpha value is -1.30. The van der Waals surface area contributed by atoms with E-state index in [4.69, 9.17) is 5.11 Å². The van der Waals surface area contributed by atoms with Gasteiger partial charge in [-0.05, 0) is 34.4 Å². The van der Waals surface area contributed by atoms with Gasteiger partial charge in [0.2, 0.25) is 0 Å². The van der Waals surface area contributed by atoms with Crippen LogP contribution in [0.2, 0.25) is 0 Å². The van der Waals surface area contributed by atoms with Crippen LogP contribution in [0.3, 0.4) is 0 Å². The summed E-state index contributed by atoms with van der Waals surface area (Å²) >= 11 is 0. The average Bonchev–Trinajstić information content (AvgIpc) is 2.77. The molecule has 1 saturated heterocycles. The SMILES string of the molecule is CC(C)N(CCC(=O)O)C(=O)N1CCC(N(C)C)C1. The summed E-state index contributed by atoms with van der Waals surface area (Å²) in [5.41, 5.74) is 0. The maximum absolute atomic E-state index is 12.4. The van der Waals surface area contributed by atoms with E-state index in [1.807, 2.05) is 32.8 Å². The zero-order chi connectivity index (χ0) is 14.6. The molecule has 2 amide bonds. The van der Waals surface area contributed by atoms with Crippen molar-refractivity contribution in [2.24, 2.45) is 0 Å². The largest absolute Gasteiger partial charge is 0.481 e. The van der Waals surface area contributed by atoms with Gasteiger partial charge in [0.05, 0.1) is 6.42 Å². The molecule has 0 aromatic carbocycles. The number of amides is 2. The fourth-order valence-electron chi connectivity index (χ4n) is 2.31. The standard InChI is InChI=1S/C13H25N3O3/c1-10(2)16(8-6-12(17)18)13(19)15-7-5-11(9-15)14(3)4/h10-11H,5-9H2,1-4H3,(H,17,18). The molecule has 6 nitrogen and oxygen atoms in total. The van der Waals surface area contributed by atoms with Gasteiger partial charge < -0.3 is 19.8 Å². The summed E-state index contributed by atoms with van der Waals surface area (Å²) in [7, 11) is 4.03. The van der Waals surface area contributed by atoms with Crippen LogP contribution in [0.25, 0.3) is 0 Å². The summed E-state index contributed by atoms with van der Waals surface area (Å²) in [5, 5.41) is 8.75. The average molecular weight is 271 g/mol. The predicted octanol–water partition coefficient (Wildman–Crippen LogP) is 0.927. The van der Waals surface area contributed by atoms with E-state index in [0.717, 1.165) is 19.5 Å². The number of nitrogens with zero attached hydrogens (tertiary/aromatic N) is 3. The summed E-state index contributed by atoms with van der Waals surface area (Å²) in [5.74, 6) is -0.869. The molecule has 1 fully saturated rings. The second kappa shape index (κ2) is 6.75. The van der Waals surface area contributed by atoms with Gasteiger partial charge in [-0.15, -0.1) is 0 Å². The number of hydrogen-bond acceptors (Lipinski definition) is 3. The second-order valence-corrected chi connectivity index (χ2v) is 5.57. The minimum absolute atomic E-state index is 0.00509. The zero-order valence-electron chi connectivity index (χ0n) is 12.3. The third-order valence-corrected chi connectivity index (χ3v) is 3.60. The lowest BCUT2D eigenvalue weighted by Gasteiger charge is -2.31. The molecule has 0 aromatic heterocycles. The molecule has 1 atom stereocenters. The van der Waals surface area contributed by atoms with Gasteiger partial charge >= 0.3 is 12.0 Å². The molecule has 6 heteroatoms. The van der Waals surface area contributed by atoms with E-state index in [1.165, 1.54) is 0 Å². The lowest BCUT2D eigenvalue weighted by atomic mass is 10.2. The Bertz CT molecular complexity index is 331. The molecule has 0 bridgehead atoms. The Kier molecular flexibility index (Phi) is 5.60. The third-order valence-electron chi connectivity index (χ3n) is 3.60. The van der Waals surface area contributed by atoms with Gasteiger partial charge in [-0.1, -0.05) is 0 Å². The number of carbonyl (C=O) groups is 2. The van der Waals surface area contributed by atoms with E-state index in [2.05, 4.69) is 4.90 Å². The number of aliphatic carboxylic acids is 1. The molecule has 1 unspecified atom stereocenters. The number of carboxylic acid groups (broad SMARTS) is 1. The number of hydrogen-bond donors (Lipinski definition) is 1. The van der Waals surface area contributed by atoms with Crippen LogP contribution in [0.15, 0.2) is 0 Å². The highest BCUT2D eigenvalue weighted by atomic mass is 16.4. The maximum Gasteiger partial charge on any atom is 0.320 e. The van der Waals surface area contributed by atoms with Crippen molar-refractivity contribution >= 4 is 12.0 Å². The summed E-state index contributed by atoms with van der Waals surface area (Å²) in [6, 6.07) is 0.378. The fourth-order valence-corrected chi connectivity index (χ4v) is 2.31. The van der Waals surface area contributed by atoms with Gasteiger partial charge in [0.15, 0.2) is 0 Å². The third kappa shape index (κ3) is 4.38. The van der Waals surface area contributed by atoms with Crippen molar-refractivity contribution in [2.45, 2.75) is 38.8 Å². The Morgan fingerprint density at radius 1 is 1.37 bits per heavy atom. The van der Waals surface area contributed by atoms with Crippen LogP contribution >= 0.6 is 0 Å². The first-order chi connectivity index (χ1) is 8.82. The maximum atomic E-state index is 12.4. The van der Waals surface area contributed by atoms with E-state index in [1.54, 1.807) is 4.90 Å². The molecule has 0 saturated carbocycles. The van der Waals surface area contributed by atoms with Gasteiger partial charge in [0.25, 0.3) is 0 Å². The minimum Gasteiger partial charge on any atom is -0.481 e. The quantitative estimate of drug-likeness (QED) is 0.808. The highest BCUT2D eigenvalue weighted by Gasteiger charge is 2.31. The molecule has 110 valence electrons. The summed E-state index contributed by atoms with van der Waals surface area (Å²) in [6.45, 7) is 5.58. The van der Waals surface area contributed by atoms with Crippen molar-refractivity contribution in [3.05, 3.63) is 0 Å². The summed E-state index contributed by atoms with van der Waals surface area (Å²) in [6.07, 6.45) is 0.971. The van der Waals surface area contributed by atoms with E-state index >= 15 is 0 Å². The monoisotopic (exact) mass is 271 g/mol. The molecule has 0 radical (unpaired) electrons. The number of urea groups is 1. The second-order valence-electron chi connectivity index (χ2n) is 5.57. The van der Waals surface area contributed by atoms with Crippen LogP contribution in [-0.2, 0) is 4.79 Å². The lowest BCUT2D eigenvalue weighted by molar-refractivity contribution is -0.137. The highest BCUT2D eigenvalue weighted by Crippen LogP contribution is 2.16. The first-order valence-electron chi connectivity index (χ1n) is 6.76. The van der Waals surface area contributed by atoms with Crippen molar-refractivity contribution in [3.8, 4) is 0 Å². The van der Waals surface area contributed by atoms with E-state index in [0.29, 0.717) is 6.04 Å². The molecule has 0 spiro atoms. The van der Waals surface area contributed by atoms with Crippen LogP contribution in [-0.4, -0.2) is 77.6 Å². The zero-order valence-corrected chi connectivity index (χ0v) is 12.3. The Labute approximate surface area is 115 Å². The number of carboxylic acids is 1. The molecule has 1 rings (SSSR count). The van der Waals surface area contributed by atoms with Crippen molar-refractivity contribution in [2.75, 3.05) is 33.7 Å². The van der Waals surface area contributed by atoms with Gasteiger partial charge in [0.1, 0.15) is 0 Å². The van der Waals surface area contributed by atoms with Crippen molar-refractivity contribution in [3.63, 3.8) is 0 Å². The minimum atomic E-state index is -0.869. The van der Waals surface area contributed by atoms with Gasteiger partial charge in [0, 0.05) is 31.7 Å². The van der Waals surface area contributed by atoms with Gasteiger partial charge in [-0.25, -0.2) is 4.79 Å². The van der Waals surface area contributed by atoms with Crippen LogP contribution in [0.1, 0.15) is 26.7 Å². The molecule has 1 aliphatic rings. The highest BCUT2D eigenvalue weighted by molar-refractivity contribution is 5.76. The van der Waals surface area contributed by atoms with Crippen LogP contribution in [0.4, 0.5) is 4.79 Å². The van der Waals surface area contributed by atoms with Crippen LogP contribution in [0.5, 0.6) is 0 Å². The summed E-state index contributed by atoms with van der Waals surface area (Å²) < 4.78 is 0. The topological polar surface area (TPSA) is 64.1 Å². The van der Waals surface area contributed by atoms with E-state index in [9.17, 15) is 9.59 Å². The Morgan fingerprint density at radius 3 is 2.42 bits per heavy atom.